The van der Waals surface area contributed by atoms with Crippen LogP contribution in [0.4, 0.5) is 0 Å². The summed E-state index contributed by atoms with van der Waals surface area (Å²) in [6, 6.07) is 1.02. The Balaban J connectivity index is 2.16. The lowest BCUT2D eigenvalue weighted by atomic mass is 10.2. The van der Waals surface area contributed by atoms with Crippen molar-refractivity contribution in [3.63, 3.8) is 0 Å². The normalized spacial score (nSPS) is 22.4. The van der Waals surface area contributed by atoms with Gasteiger partial charge in [0.25, 0.3) is 0 Å². The van der Waals surface area contributed by atoms with Gasteiger partial charge in [-0.3, -0.25) is 0 Å². The van der Waals surface area contributed by atoms with Gasteiger partial charge in [-0.05, 0) is 19.3 Å². The van der Waals surface area contributed by atoms with Gasteiger partial charge in [-0.1, -0.05) is 19.8 Å². The Morgan fingerprint density at radius 2 is 2.09 bits per heavy atom. The van der Waals surface area contributed by atoms with Crippen LogP contribution < -0.4 is 5.32 Å². The molecule has 0 aromatic heterocycles. The summed E-state index contributed by atoms with van der Waals surface area (Å²) >= 11 is 0. The molecule has 1 fully saturated rings. The van der Waals surface area contributed by atoms with Crippen LogP contribution in [0.5, 0.6) is 0 Å². The Bertz CT molecular complexity index is 95.7. The number of aliphatic hydroxyl groups excluding tert-OH is 1. The second-order valence-electron chi connectivity index (χ2n) is 3.44. The molecule has 1 aliphatic rings. The molecule has 0 bridgehead atoms. The highest BCUT2D eigenvalue weighted by molar-refractivity contribution is 4.77. The van der Waals surface area contributed by atoms with E-state index in [0.29, 0.717) is 12.1 Å². The molecule has 66 valence electrons. The lowest BCUT2D eigenvalue weighted by Crippen LogP contribution is -2.38. The predicted octanol–water partition coefficient (Wildman–Crippen LogP) is 1.29. The number of rotatable bonds is 4. The molecule has 0 aliphatic heterocycles. The predicted molar refractivity (Wildman–Crippen MR) is 46.6 cm³/mol. The molecular formula is C9H19NO. The van der Waals surface area contributed by atoms with Crippen molar-refractivity contribution in [2.24, 2.45) is 0 Å². The molecule has 2 heteroatoms. The minimum Gasteiger partial charge on any atom is -0.395 e. The maximum absolute atomic E-state index is 8.92. The highest BCUT2D eigenvalue weighted by atomic mass is 16.3. The summed E-state index contributed by atoms with van der Waals surface area (Å²) in [5.74, 6) is 0. The SMILES string of the molecule is CC[C@@H](CO)NC1CCCC1. The third kappa shape index (κ3) is 2.80. The van der Waals surface area contributed by atoms with Gasteiger partial charge in [-0.2, -0.15) is 0 Å². The van der Waals surface area contributed by atoms with Crippen LogP contribution >= 0.6 is 0 Å². The number of aliphatic hydroxyl groups is 1. The van der Waals surface area contributed by atoms with E-state index in [4.69, 9.17) is 5.11 Å². The van der Waals surface area contributed by atoms with Gasteiger partial charge >= 0.3 is 0 Å². The van der Waals surface area contributed by atoms with E-state index in [1.54, 1.807) is 0 Å². The maximum atomic E-state index is 8.92. The van der Waals surface area contributed by atoms with Crippen molar-refractivity contribution in [3.05, 3.63) is 0 Å². The molecule has 2 nitrogen and oxygen atoms in total. The Morgan fingerprint density at radius 1 is 1.45 bits per heavy atom. The van der Waals surface area contributed by atoms with Gasteiger partial charge in [0.15, 0.2) is 0 Å². The molecule has 0 saturated heterocycles. The zero-order chi connectivity index (χ0) is 8.10. The van der Waals surface area contributed by atoms with Gasteiger partial charge in [0, 0.05) is 12.1 Å². The van der Waals surface area contributed by atoms with Crippen LogP contribution in [0.1, 0.15) is 39.0 Å². The summed E-state index contributed by atoms with van der Waals surface area (Å²) in [7, 11) is 0. The molecule has 1 rings (SSSR count). The van der Waals surface area contributed by atoms with Crippen LogP contribution in [0.25, 0.3) is 0 Å². The van der Waals surface area contributed by atoms with Gasteiger partial charge in [0.05, 0.1) is 6.61 Å². The van der Waals surface area contributed by atoms with E-state index in [2.05, 4.69) is 12.2 Å². The second kappa shape index (κ2) is 4.73. The molecule has 11 heavy (non-hydrogen) atoms. The maximum Gasteiger partial charge on any atom is 0.0584 e. The highest BCUT2D eigenvalue weighted by Gasteiger charge is 2.17. The van der Waals surface area contributed by atoms with E-state index >= 15 is 0 Å². The Morgan fingerprint density at radius 3 is 2.55 bits per heavy atom. The summed E-state index contributed by atoms with van der Waals surface area (Å²) in [6.07, 6.45) is 6.36. The molecule has 1 saturated carbocycles. The van der Waals surface area contributed by atoms with Gasteiger partial charge in [-0.25, -0.2) is 0 Å². The lowest BCUT2D eigenvalue weighted by Gasteiger charge is -2.19. The summed E-state index contributed by atoms with van der Waals surface area (Å²) in [6.45, 7) is 2.40. The molecule has 0 heterocycles. The van der Waals surface area contributed by atoms with E-state index in [1.165, 1.54) is 25.7 Å². The first kappa shape index (κ1) is 9.01. The van der Waals surface area contributed by atoms with E-state index < -0.39 is 0 Å². The topological polar surface area (TPSA) is 32.3 Å². The molecule has 1 atom stereocenters. The van der Waals surface area contributed by atoms with Crippen molar-refractivity contribution in [2.75, 3.05) is 6.61 Å². The fraction of sp³-hybridized carbons (Fsp3) is 1.00. The van der Waals surface area contributed by atoms with Gasteiger partial charge in [0.1, 0.15) is 0 Å². The van der Waals surface area contributed by atoms with E-state index in [0.717, 1.165) is 6.42 Å². The van der Waals surface area contributed by atoms with Crippen molar-refractivity contribution in [2.45, 2.75) is 51.1 Å². The Kier molecular flexibility index (Phi) is 3.87. The number of nitrogens with one attached hydrogen (secondary N) is 1. The molecule has 0 amide bonds. The monoisotopic (exact) mass is 157 g/mol. The Hall–Kier alpha value is -0.0800. The minimum atomic E-state index is 0.285. The number of hydrogen-bond donors (Lipinski definition) is 2. The number of hydrogen-bond acceptors (Lipinski definition) is 2. The molecule has 1 aliphatic carbocycles. The van der Waals surface area contributed by atoms with Crippen LogP contribution in [0.2, 0.25) is 0 Å². The van der Waals surface area contributed by atoms with Crippen molar-refractivity contribution in [1.82, 2.24) is 5.32 Å². The molecule has 0 aromatic rings. The first-order chi connectivity index (χ1) is 5.36. The van der Waals surface area contributed by atoms with Crippen LogP contribution in [-0.4, -0.2) is 23.8 Å². The second-order valence-corrected chi connectivity index (χ2v) is 3.44. The standard InChI is InChI=1S/C9H19NO/c1-2-8(7-11)10-9-5-3-4-6-9/h8-11H,2-7H2,1H3/t8-/m0/s1. The summed E-state index contributed by atoms with van der Waals surface area (Å²) in [5.41, 5.74) is 0. The van der Waals surface area contributed by atoms with Crippen LogP contribution in [0, 0.1) is 0 Å². The fourth-order valence-corrected chi connectivity index (χ4v) is 1.73. The van der Waals surface area contributed by atoms with E-state index in [1.807, 2.05) is 0 Å². The van der Waals surface area contributed by atoms with E-state index in [-0.39, 0.29) is 6.61 Å². The van der Waals surface area contributed by atoms with Crippen LogP contribution in [0.3, 0.4) is 0 Å². The first-order valence-electron chi connectivity index (χ1n) is 4.73. The van der Waals surface area contributed by atoms with Gasteiger partial charge in [-0.15, -0.1) is 0 Å². The lowest BCUT2D eigenvalue weighted by molar-refractivity contribution is 0.227. The van der Waals surface area contributed by atoms with E-state index in [9.17, 15) is 0 Å². The average molecular weight is 157 g/mol. The summed E-state index contributed by atoms with van der Waals surface area (Å²) < 4.78 is 0. The van der Waals surface area contributed by atoms with Gasteiger partial charge < -0.3 is 10.4 Å². The van der Waals surface area contributed by atoms with Crippen LogP contribution in [0.15, 0.2) is 0 Å². The third-order valence-electron chi connectivity index (χ3n) is 2.54. The molecule has 2 N–H and O–H groups in total. The summed E-state index contributed by atoms with van der Waals surface area (Å²) in [4.78, 5) is 0. The van der Waals surface area contributed by atoms with Gasteiger partial charge in [0.2, 0.25) is 0 Å². The Labute approximate surface area is 69.0 Å². The molecule has 0 unspecified atom stereocenters. The van der Waals surface area contributed by atoms with Crippen molar-refractivity contribution in [3.8, 4) is 0 Å². The molecule has 0 aromatic carbocycles. The van der Waals surface area contributed by atoms with Crippen LogP contribution in [-0.2, 0) is 0 Å². The first-order valence-corrected chi connectivity index (χ1v) is 4.73. The molecule has 0 spiro atoms. The fourth-order valence-electron chi connectivity index (χ4n) is 1.73. The third-order valence-corrected chi connectivity index (χ3v) is 2.54. The van der Waals surface area contributed by atoms with Crippen molar-refractivity contribution >= 4 is 0 Å². The highest BCUT2D eigenvalue weighted by Crippen LogP contribution is 2.18. The summed E-state index contributed by atoms with van der Waals surface area (Å²) in [5, 5.41) is 12.4. The largest absolute Gasteiger partial charge is 0.395 e. The molecule has 0 radical (unpaired) electrons. The van der Waals surface area contributed by atoms with Crippen molar-refractivity contribution < 1.29 is 5.11 Å². The molecular weight excluding hydrogens is 138 g/mol. The zero-order valence-electron chi connectivity index (χ0n) is 7.34. The van der Waals surface area contributed by atoms with Crippen molar-refractivity contribution in [1.29, 1.82) is 0 Å². The zero-order valence-corrected chi connectivity index (χ0v) is 7.34. The quantitative estimate of drug-likeness (QED) is 0.644. The average Bonchev–Trinajstić information content (AvgIpc) is 2.52. The minimum absolute atomic E-state index is 0.285. The smallest absolute Gasteiger partial charge is 0.0584 e.